The van der Waals surface area contributed by atoms with Gasteiger partial charge in [-0.25, -0.2) is 16.8 Å². The van der Waals surface area contributed by atoms with Crippen LogP contribution in [0, 0.1) is 0 Å². The van der Waals surface area contributed by atoms with Crippen molar-refractivity contribution < 1.29 is 46.6 Å². The maximum absolute atomic E-state index is 9.29. The Morgan fingerprint density at radius 1 is 0.900 bits per heavy atom. The van der Waals surface area contributed by atoms with Crippen molar-refractivity contribution in [1.29, 1.82) is 0 Å². The summed E-state index contributed by atoms with van der Waals surface area (Å²) in [5.41, 5.74) is 0. The van der Waals surface area contributed by atoms with E-state index in [1.54, 1.807) is 0 Å². The summed E-state index contributed by atoms with van der Waals surface area (Å²) in [4.78, 5) is 0. The second-order valence-corrected chi connectivity index (χ2v) is 3.06. The van der Waals surface area contributed by atoms with E-state index in [0.717, 1.165) is 0 Å². The molecule has 0 aliphatic carbocycles. The first-order chi connectivity index (χ1) is 3.71. The van der Waals surface area contributed by atoms with Crippen molar-refractivity contribution in [3.8, 4) is 0 Å². The van der Waals surface area contributed by atoms with Crippen LogP contribution in [0.25, 0.3) is 0 Å². The fourth-order valence-electron chi connectivity index (χ4n) is 0.102. The summed E-state index contributed by atoms with van der Waals surface area (Å²) in [6.07, 6.45) is 0. The van der Waals surface area contributed by atoms with E-state index < -0.39 is 20.8 Å². The molecule has 0 spiro atoms. The third-order valence-electron chi connectivity index (χ3n) is 0.167. The minimum Gasteiger partial charge on any atom is -0.725 e. The van der Waals surface area contributed by atoms with Crippen molar-refractivity contribution in [2.75, 3.05) is 0 Å². The third kappa shape index (κ3) is 11.1. The minimum atomic E-state index is -5.43. The molecule has 0 saturated heterocycles. The number of rotatable bonds is 2. The van der Waals surface area contributed by atoms with Gasteiger partial charge in [-0.15, -0.1) is 0 Å². The molecule has 0 aliphatic rings. The summed E-state index contributed by atoms with van der Waals surface area (Å²) in [7, 11) is -10.9. The molecule has 0 aromatic heterocycles. The van der Waals surface area contributed by atoms with Gasteiger partial charge in [-0.05, 0) is 0 Å². The molecule has 0 fully saturated rings. The Balaban J connectivity index is 0. The monoisotopic (exact) mass is 231 g/mol. The van der Waals surface area contributed by atoms with Crippen LogP contribution in [0.15, 0.2) is 0 Å². The van der Waals surface area contributed by atoms with Gasteiger partial charge in [0.15, 0.2) is 0 Å². The quantitative estimate of drug-likeness (QED) is 0.303. The first-order valence-electron chi connectivity index (χ1n) is 1.33. The zero-order valence-electron chi connectivity index (χ0n) is 4.05. The molecule has 0 atom stereocenters. The third-order valence-corrected chi connectivity index (χ3v) is 1.50. The van der Waals surface area contributed by atoms with E-state index in [2.05, 4.69) is 3.63 Å². The first-order valence-corrected chi connectivity index (χ1v) is 4.00. The molecule has 10 heteroatoms. The summed E-state index contributed by atoms with van der Waals surface area (Å²) >= 11 is 0. The van der Waals surface area contributed by atoms with E-state index in [1.807, 2.05) is 0 Å². The van der Waals surface area contributed by atoms with Gasteiger partial charge in [-0.2, -0.15) is 3.63 Å². The molecule has 0 unspecified atom stereocenters. The van der Waals surface area contributed by atoms with Gasteiger partial charge in [0, 0.05) is 0 Å². The van der Waals surface area contributed by atoms with Crippen LogP contribution in [0.4, 0.5) is 0 Å². The van der Waals surface area contributed by atoms with Crippen molar-refractivity contribution in [3.05, 3.63) is 0 Å². The Hall–Kier alpha value is 0.299. The fraction of sp³-hybridized carbons (Fsp3) is 0. The predicted octanol–water partition coefficient (Wildman–Crippen LogP) is -2.08. The molecule has 10 heavy (non-hydrogen) atoms. The molecule has 0 rings (SSSR count). The zero-order valence-corrected chi connectivity index (χ0v) is 6.87. The molecular weight excluding hydrogens is 231 g/mol. The average Bonchev–Trinajstić information content (AvgIpc) is 1.14. The van der Waals surface area contributed by atoms with E-state index >= 15 is 0 Å². The number of hydrogen-bond donors (Lipinski definition) is 0. The molecule has 0 aromatic rings. The van der Waals surface area contributed by atoms with Crippen molar-refractivity contribution in [1.82, 2.24) is 0 Å². The zero-order chi connectivity index (χ0) is 7.71. The van der Waals surface area contributed by atoms with E-state index in [-0.39, 0.29) is 17.1 Å². The van der Waals surface area contributed by atoms with Crippen LogP contribution >= 0.6 is 0 Å². The molecule has 0 saturated carbocycles. The van der Waals surface area contributed by atoms with Crippen LogP contribution < -0.4 is 0 Å². The van der Waals surface area contributed by atoms with Crippen LogP contribution in [-0.2, 0) is 41.5 Å². The Morgan fingerprint density at radius 2 is 1.10 bits per heavy atom. The average molecular weight is 231 g/mol. The molecule has 0 heterocycles. The van der Waals surface area contributed by atoms with Crippen molar-refractivity contribution in [2.45, 2.75) is 0 Å². The van der Waals surface area contributed by atoms with Crippen LogP contribution in [0.5, 0.6) is 0 Å². The second-order valence-electron chi connectivity index (χ2n) is 0.885. The van der Waals surface area contributed by atoms with Gasteiger partial charge in [-0.3, -0.25) is 0 Å². The van der Waals surface area contributed by atoms with Gasteiger partial charge in [0.25, 0.3) is 0 Å². The van der Waals surface area contributed by atoms with Gasteiger partial charge in [0.2, 0.25) is 20.8 Å². The SMILES string of the molecule is O=S(=O)([O-])OS(=O)(=O)[O-].[Mn+2]. The van der Waals surface area contributed by atoms with Crippen LogP contribution in [0.1, 0.15) is 0 Å². The summed E-state index contributed by atoms with van der Waals surface area (Å²) in [5.74, 6) is 0. The summed E-state index contributed by atoms with van der Waals surface area (Å²) in [5, 5.41) is 0. The van der Waals surface area contributed by atoms with Crippen LogP contribution in [0.3, 0.4) is 0 Å². The Labute approximate surface area is 67.8 Å². The van der Waals surface area contributed by atoms with E-state index in [0.29, 0.717) is 0 Å². The van der Waals surface area contributed by atoms with E-state index in [4.69, 9.17) is 0 Å². The summed E-state index contributed by atoms with van der Waals surface area (Å²) in [6, 6.07) is 0. The topological polar surface area (TPSA) is 124 Å². The molecular formula is MnO7S2. The smallest absolute Gasteiger partial charge is 0.725 e. The number of hydrogen-bond acceptors (Lipinski definition) is 7. The standard InChI is InChI=1S/Mn.H2O7S2/c;1-8(2,3)7-9(4,5)6/h;(H,1,2,3)(H,4,5,6)/q+2;/p-2. The van der Waals surface area contributed by atoms with E-state index in [9.17, 15) is 25.9 Å². The van der Waals surface area contributed by atoms with E-state index in [1.165, 1.54) is 0 Å². The van der Waals surface area contributed by atoms with Gasteiger partial charge >= 0.3 is 17.1 Å². The molecule has 0 aliphatic heterocycles. The van der Waals surface area contributed by atoms with Crippen LogP contribution in [0.2, 0.25) is 0 Å². The van der Waals surface area contributed by atoms with Gasteiger partial charge < -0.3 is 9.11 Å². The van der Waals surface area contributed by atoms with Crippen molar-refractivity contribution in [3.63, 3.8) is 0 Å². The largest absolute Gasteiger partial charge is 2.00 e. The summed E-state index contributed by atoms with van der Waals surface area (Å²) < 4.78 is 58.2. The molecule has 0 bridgehead atoms. The van der Waals surface area contributed by atoms with Crippen molar-refractivity contribution >= 4 is 20.8 Å². The molecule has 7 nitrogen and oxygen atoms in total. The van der Waals surface area contributed by atoms with Crippen molar-refractivity contribution in [2.24, 2.45) is 0 Å². The molecule has 0 aromatic carbocycles. The van der Waals surface area contributed by atoms with Gasteiger partial charge in [-0.1, -0.05) is 0 Å². The predicted molar refractivity (Wildman–Crippen MR) is 20.5 cm³/mol. The normalized spacial score (nSPS) is 12.2. The fourth-order valence-corrected chi connectivity index (χ4v) is 0.919. The summed E-state index contributed by atoms with van der Waals surface area (Å²) in [6.45, 7) is 0. The second kappa shape index (κ2) is 3.62. The molecule has 0 N–H and O–H groups in total. The molecule has 1 radical (unpaired) electrons. The Kier molecular flexibility index (Phi) is 4.68. The van der Waals surface area contributed by atoms with Gasteiger partial charge in [0.05, 0.1) is 0 Å². The van der Waals surface area contributed by atoms with Gasteiger partial charge in [0.1, 0.15) is 0 Å². The molecule has 61 valence electrons. The first kappa shape index (κ1) is 12.9. The maximum Gasteiger partial charge on any atom is 2.00 e. The Bertz CT molecular complexity index is 237. The van der Waals surface area contributed by atoms with Crippen LogP contribution in [-0.4, -0.2) is 25.9 Å². The molecule has 0 amide bonds. The Morgan fingerprint density at radius 3 is 1.10 bits per heavy atom. The minimum absolute atomic E-state index is 0. The maximum atomic E-state index is 9.29.